The Labute approximate surface area is 182 Å². The smallest absolute Gasteiger partial charge is 0.354 e. The Balaban J connectivity index is 1.34. The van der Waals surface area contributed by atoms with E-state index in [2.05, 4.69) is 23.2 Å². The average molecular weight is 432 g/mol. The summed E-state index contributed by atoms with van der Waals surface area (Å²) >= 11 is 6.26. The van der Waals surface area contributed by atoms with Crippen LogP contribution >= 0.6 is 11.6 Å². The molecule has 1 saturated carbocycles. The number of piperidine rings is 1. The van der Waals surface area contributed by atoms with Crippen LogP contribution in [0.5, 0.6) is 0 Å². The van der Waals surface area contributed by atoms with Gasteiger partial charge in [-0.25, -0.2) is 4.79 Å². The van der Waals surface area contributed by atoms with Gasteiger partial charge in [-0.1, -0.05) is 24.6 Å². The molecule has 0 bridgehead atoms. The lowest BCUT2D eigenvalue weighted by atomic mass is 9.87. The molecule has 0 radical (unpaired) electrons. The van der Waals surface area contributed by atoms with E-state index in [0.717, 1.165) is 41.5 Å². The summed E-state index contributed by atoms with van der Waals surface area (Å²) in [6, 6.07) is 5.93. The van der Waals surface area contributed by atoms with Gasteiger partial charge in [0.15, 0.2) is 0 Å². The van der Waals surface area contributed by atoms with Crippen molar-refractivity contribution in [3.63, 3.8) is 0 Å². The number of benzene rings is 1. The van der Waals surface area contributed by atoms with Gasteiger partial charge in [0.1, 0.15) is 5.71 Å². The number of nitrogens with zero attached hydrogens (tertiary/aromatic N) is 1. The van der Waals surface area contributed by atoms with E-state index in [1.54, 1.807) is 0 Å². The first-order chi connectivity index (χ1) is 14.2. The summed E-state index contributed by atoms with van der Waals surface area (Å²) < 4.78 is 0. The molecule has 4 N–H and O–H groups in total. The van der Waals surface area contributed by atoms with E-state index in [4.69, 9.17) is 17.0 Å². The number of carboxylic acids is 1. The number of aliphatic hydroxyl groups is 1. The second-order valence-electron chi connectivity index (χ2n) is 9.10. The number of nitrogens with one attached hydrogen (secondary N) is 2. The van der Waals surface area contributed by atoms with Crippen molar-refractivity contribution in [2.75, 3.05) is 24.5 Å². The Morgan fingerprint density at radius 1 is 1.37 bits per heavy atom. The number of carboxylic acid groups (broad SMARTS) is 1. The third-order valence-electron chi connectivity index (χ3n) is 7.35. The van der Waals surface area contributed by atoms with Gasteiger partial charge in [0.05, 0.1) is 5.60 Å². The van der Waals surface area contributed by atoms with Crippen LogP contribution in [0.2, 0.25) is 5.02 Å². The zero-order valence-electron chi connectivity index (χ0n) is 17.5. The van der Waals surface area contributed by atoms with Gasteiger partial charge < -0.3 is 20.4 Å². The third-order valence-corrected chi connectivity index (χ3v) is 7.76. The molecule has 2 fully saturated rings. The summed E-state index contributed by atoms with van der Waals surface area (Å²) in [6.07, 6.45) is 2.79. The van der Waals surface area contributed by atoms with Crippen molar-refractivity contribution in [1.29, 1.82) is 5.41 Å². The Morgan fingerprint density at radius 2 is 2.07 bits per heavy atom. The average Bonchev–Trinajstić information content (AvgIpc) is 3.16. The molecule has 162 valence electrons. The minimum Gasteiger partial charge on any atom is -0.477 e. The van der Waals surface area contributed by atoms with Crippen LogP contribution in [0.1, 0.15) is 38.2 Å². The molecule has 7 heteroatoms. The van der Waals surface area contributed by atoms with Crippen molar-refractivity contribution in [1.82, 2.24) is 5.32 Å². The molecule has 1 heterocycles. The highest BCUT2D eigenvalue weighted by Crippen LogP contribution is 2.59. The molecule has 4 rings (SSSR count). The fourth-order valence-corrected chi connectivity index (χ4v) is 5.45. The summed E-state index contributed by atoms with van der Waals surface area (Å²) in [5.41, 5.74) is 2.76. The van der Waals surface area contributed by atoms with E-state index in [-0.39, 0.29) is 11.6 Å². The second kappa shape index (κ2) is 7.89. The van der Waals surface area contributed by atoms with Crippen LogP contribution < -0.4 is 10.2 Å². The Hall–Kier alpha value is -2.05. The van der Waals surface area contributed by atoms with Crippen molar-refractivity contribution < 1.29 is 15.0 Å². The Kier molecular flexibility index (Phi) is 5.58. The van der Waals surface area contributed by atoms with Gasteiger partial charge in [0.2, 0.25) is 0 Å². The summed E-state index contributed by atoms with van der Waals surface area (Å²) in [5, 5.41) is 32.4. The van der Waals surface area contributed by atoms with Crippen LogP contribution in [-0.4, -0.2) is 47.1 Å². The summed E-state index contributed by atoms with van der Waals surface area (Å²) in [6.45, 7) is 6.29. The van der Waals surface area contributed by atoms with Gasteiger partial charge >= 0.3 is 5.97 Å². The standard InChI is InChI=1S/C23H30ClN3O3/c1-13-15-12-17(20(19(13)15)21(25)22(28)29)26-9-6-23(30)7-10-27(11-8-23)18-5-3-4-16(24)14(18)2/h3-5,13,15,19,25-26,30H,6-12H2,1-2H3,(H,28,29)/t13-,15+,19-/m1/s1. The predicted octanol–water partition coefficient (Wildman–Crippen LogP) is 3.60. The fraction of sp³-hybridized carbons (Fsp3) is 0.565. The van der Waals surface area contributed by atoms with Crippen molar-refractivity contribution in [2.24, 2.45) is 17.8 Å². The maximum Gasteiger partial charge on any atom is 0.354 e. The lowest BCUT2D eigenvalue weighted by molar-refractivity contribution is -0.129. The number of fused-ring (bicyclic) bond motifs is 1. The largest absolute Gasteiger partial charge is 0.477 e. The number of hydrogen-bond acceptors (Lipinski definition) is 5. The molecule has 0 aromatic heterocycles. The SMILES string of the molecule is Cc1c(Cl)cccc1N1CCC(O)(CCNC2=C(C(=N)C(=O)O)[C@@H]3[C@H](C)[C@@H]3C2)CC1. The highest BCUT2D eigenvalue weighted by molar-refractivity contribution is 6.41. The van der Waals surface area contributed by atoms with Crippen LogP contribution in [0.4, 0.5) is 5.69 Å². The first-order valence-corrected chi connectivity index (χ1v) is 11.1. The van der Waals surface area contributed by atoms with Gasteiger partial charge in [-0.2, -0.15) is 0 Å². The number of halogens is 1. The van der Waals surface area contributed by atoms with Crippen molar-refractivity contribution in [2.45, 2.75) is 45.1 Å². The summed E-state index contributed by atoms with van der Waals surface area (Å²) in [5.74, 6) is -0.0158. The fourth-order valence-electron chi connectivity index (χ4n) is 5.28. The highest BCUT2D eigenvalue weighted by atomic mass is 35.5. The lowest BCUT2D eigenvalue weighted by Crippen LogP contribution is -2.46. The highest BCUT2D eigenvalue weighted by Gasteiger charge is 2.55. The van der Waals surface area contributed by atoms with Crippen molar-refractivity contribution >= 4 is 29.0 Å². The van der Waals surface area contributed by atoms with Crippen LogP contribution in [0, 0.1) is 30.1 Å². The number of allylic oxidation sites excluding steroid dienone is 1. The van der Waals surface area contributed by atoms with Gasteiger partial charge in [0, 0.05) is 41.6 Å². The van der Waals surface area contributed by atoms with Gasteiger partial charge in [0.25, 0.3) is 0 Å². The Morgan fingerprint density at radius 3 is 2.73 bits per heavy atom. The predicted molar refractivity (Wildman–Crippen MR) is 118 cm³/mol. The van der Waals surface area contributed by atoms with Crippen LogP contribution in [0.3, 0.4) is 0 Å². The molecule has 0 unspecified atom stereocenters. The molecule has 1 aromatic rings. The van der Waals surface area contributed by atoms with E-state index < -0.39 is 11.6 Å². The van der Waals surface area contributed by atoms with Crippen LogP contribution in [0.25, 0.3) is 0 Å². The summed E-state index contributed by atoms with van der Waals surface area (Å²) in [7, 11) is 0. The van der Waals surface area contributed by atoms with Crippen LogP contribution in [0.15, 0.2) is 29.5 Å². The minimum atomic E-state index is -1.16. The minimum absolute atomic E-state index is 0.211. The molecule has 1 saturated heterocycles. The Bertz CT molecular complexity index is 905. The number of carbonyl (C=O) groups is 1. The first-order valence-electron chi connectivity index (χ1n) is 10.7. The molecular weight excluding hydrogens is 402 g/mol. The van der Waals surface area contributed by atoms with E-state index in [9.17, 15) is 15.0 Å². The maximum absolute atomic E-state index is 11.3. The maximum atomic E-state index is 11.3. The second-order valence-corrected chi connectivity index (χ2v) is 9.50. The quantitative estimate of drug-likeness (QED) is 0.494. The zero-order chi connectivity index (χ0) is 21.6. The topological polar surface area (TPSA) is 96.7 Å². The van der Waals surface area contributed by atoms with Crippen molar-refractivity contribution in [3.05, 3.63) is 40.1 Å². The lowest BCUT2D eigenvalue weighted by Gasteiger charge is -2.40. The number of anilines is 1. The number of rotatable bonds is 7. The molecule has 6 nitrogen and oxygen atoms in total. The van der Waals surface area contributed by atoms with Crippen molar-refractivity contribution in [3.8, 4) is 0 Å². The zero-order valence-corrected chi connectivity index (χ0v) is 18.3. The van der Waals surface area contributed by atoms with Gasteiger partial charge in [-0.15, -0.1) is 0 Å². The van der Waals surface area contributed by atoms with E-state index in [1.807, 2.05) is 19.1 Å². The molecule has 2 aliphatic carbocycles. The molecule has 3 aliphatic rings. The summed E-state index contributed by atoms with van der Waals surface area (Å²) in [4.78, 5) is 13.6. The van der Waals surface area contributed by atoms with E-state index in [1.165, 1.54) is 0 Å². The monoisotopic (exact) mass is 431 g/mol. The molecule has 1 aliphatic heterocycles. The van der Waals surface area contributed by atoms with Crippen LogP contribution in [-0.2, 0) is 4.79 Å². The molecule has 0 spiro atoms. The first kappa shape index (κ1) is 21.2. The number of aliphatic carboxylic acids is 1. The molecule has 1 aromatic carbocycles. The normalized spacial score (nSPS) is 27.1. The van der Waals surface area contributed by atoms with E-state index in [0.29, 0.717) is 43.2 Å². The third kappa shape index (κ3) is 3.83. The molecule has 30 heavy (non-hydrogen) atoms. The molecular formula is C23H30ClN3O3. The van der Waals surface area contributed by atoms with Gasteiger partial charge in [-0.3, -0.25) is 5.41 Å². The van der Waals surface area contributed by atoms with E-state index >= 15 is 0 Å². The number of hydrogen-bond donors (Lipinski definition) is 4. The molecule has 0 amide bonds. The van der Waals surface area contributed by atoms with Gasteiger partial charge in [-0.05, 0) is 68.1 Å². The molecule has 3 atom stereocenters.